The predicted molar refractivity (Wildman–Crippen MR) is 142 cm³/mol. The van der Waals surface area contributed by atoms with Crippen LogP contribution in [0.2, 0.25) is 5.02 Å². The van der Waals surface area contributed by atoms with E-state index in [9.17, 15) is 4.79 Å². The van der Waals surface area contributed by atoms with Crippen LogP contribution < -0.4 is 14.9 Å². The molecule has 3 rings (SSSR count). The van der Waals surface area contributed by atoms with Crippen molar-refractivity contribution >= 4 is 46.3 Å². The molecule has 0 unspecified atom stereocenters. The van der Waals surface area contributed by atoms with Crippen LogP contribution in [-0.4, -0.2) is 19.2 Å². The molecule has 0 fully saturated rings. The minimum absolute atomic E-state index is 0.0358. The molecule has 0 aliphatic rings. The smallest absolute Gasteiger partial charge is 0.271 e. The maximum absolute atomic E-state index is 12.4. The molecule has 33 heavy (non-hydrogen) atoms. The average Bonchev–Trinajstić information content (AvgIpc) is 2.78. The van der Waals surface area contributed by atoms with Gasteiger partial charge in [0.15, 0.2) is 11.5 Å². The van der Waals surface area contributed by atoms with Gasteiger partial charge < -0.3 is 9.47 Å². The van der Waals surface area contributed by atoms with E-state index in [0.717, 1.165) is 14.7 Å². The largest absolute Gasteiger partial charge is 0.493 e. The van der Waals surface area contributed by atoms with Gasteiger partial charge in [0.25, 0.3) is 5.91 Å². The summed E-state index contributed by atoms with van der Waals surface area (Å²) in [5, 5.41) is 4.78. The summed E-state index contributed by atoms with van der Waals surface area (Å²) in [5.74, 6) is 0.964. The number of carbonyl (C=O) groups excluding carboxylic acids is 1. The molecule has 3 aromatic rings. The number of ether oxygens (including phenoxy) is 2. The van der Waals surface area contributed by atoms with E-state index < -0.39 is 0 Å². The van der Waals surface area contributed by atoms with E-state index in [1.165, 1.54) is 5.56 Å². The molecule has 0 bridgehead atoms. The molecular weight excluding hydrogens is 551 g/mol. The fraction of sp³-hybridized carbons (Fsp3) is 0.231. The van der Waals surface area contributed by atoms with Gasteiger partial charge in [0.05, 0.1) is 16.9 Å². The number of hydrazone groups is 1. The summed E-state index contributed by atoms with van der Waals surface area (Å²) in [5.41, 5.74) is 6.11. The number of nitrogens with zero attached hydrogens (tertiary/aromatic N) is 1. The summed E-state index contributed by atoms with van der Waals surface area (Å²) in [7, 11) is 1.59. The van der Waals surface area contributed by atoms with E-state index in [-0.39, 0.29) is 11.3 Å². The second-order valence-electron chi connectivity index (χ2n) is 8.48. The Morgan fingerprint density at radius 2 is 1.76 bits per heavy atom. The van der Waals surface area contributed by atoms with Crippen LogP contribution in [0.15, 0.2) is 65.8 Å². The summed E-state index contributed by atoms with van der Waals surface area (Å²) in [6.07, 6.45) is 1.58. The predicted octanol–water partition coefficient (Wildman–Crippen LogP) is 6.59. The quantitative estimate of drug-likeness (QED) is 0.196. The third-order valence-electron chi connectivity index (χ3n) is 4.94. The SMILES string of the molecule is COc1cc(/C=N\NC(=O)c2ccc(C(C)(C)C)cc2)cc(I)c1OCc1ccc(Cl)cc1. The van der Waals surface area contributed by atoms with Crippen molar-refractivity contribution in [2.24, 2.45) is 5.10 Å². The maximum atomic E-state index is 12.4. The Morgan fingerprint density at radius 3 is 2.36 bits per heavy atom. The van der Waals surface area contributed by atoms with Crippen LogP contribution >= 0.6 is 34.2 Å². The number of methoxy groups -OCH3 is 1. The Hall–Kier alpha value is -2.58. The molecule has 1 amide bonds. The van der Waals surface area contributed by atoms with E-state index in [1.54, 1.807) is 13.3 Å². The molecule has 5 nitrogen and oxygen atoms in total. The molecule has 0 saturated heterocycles. The highest BCUT2D eigenvalue weighted by Gasteiger charge is 2.14. The lowest BCUT2D eigenvalue weighted by molar-refractivity contribution is 0.0955. The molecule has 0 aliphatic carbocycles. The van der Waals surface area contributed by atoms with E-state index >= 15 is 0 Å². The highest BCUT2D eigenvalue weighted by Crippen LogP contribution is 2.34. The standard InChI is InChI=1S/C26H26ClIN2O3/c1-26(2,3)20-9-7-19(8-10-20)25(31)30-29-15-18-13-22(28)24(23(14-18)32-4)33-16-17-5-11-21(27)12-6-17/h5-15H,16H2,1-4H3,(H,30,31)/b29-15-. The first kappa shape index (κ1) is 25.1. The van der Waals surface area contributed by atoms with Crippen LogP contribution in [0.4, 0.5) is 0 Å². The van der Waals surface area contributed by atoms with Crippen molar-refractivity contribution in [2.45, 2.75) is 32.8 Å². The number of nitrogens with one attached hydrogen (secondary N) is 1. The normalized spacial score (nSPS) is 11.5. The van der Waals surface area contributed by atoms with Crippen molar-refractivity contribution in [3.63, 3.8) is 0 Å². The number of rotatable bonds is 7. The third kappa shape index (κ3) is 6.95. The lowest BCUT2D eigenvalue weighted by Crippen LogP contribution is -2.18. The zero-order valence-electron chi connectivity index (χ0n) is 19.0. The molecular formula is C26H26ClIN2O3. The van der Waals surface area contributed by atoms with Crippen molar-refractivity contribution in [3.05, 3.63) is 91.5 Å². The highest BCUT2D eigenvalue weighted by molar-refractivity contribution is 14.1. The number of hydrogen-bond donors (Lipinski definition) is 1. The number of hydrogen-bond acceptors (Lipinski definition) is 4. The van der Waals surface area contributed by atoms with Crippen molar-refractivity contribution in [2.75, 3.05) is 7.11 Å². The summed E-state index contributed by atoms with van der Waals surface area (Å²) in [4.78, 5) is 12.4. The van der Waals surface area contributed by atoms with E-state index in [2.05, 4.69) is 53.9 Å². The van der Waals surface area contributed by atoms with Gasteiger partial charge in [-0.3, -0.25) is 4.79 Å². The molecule has 0 radical (unpaired) electrons. The zero-order valence-corrected chi connectivity index (χ0v) is 21.9. The van der Waals surface area contributed by atoms with Gasteiger partial charge in [0.2, 0.25) is 0 Å². The van der Waals surface area contributed by atoms with Crippen LogP contribution in [0, 0.1) is 3.57 Å². The second-order valence-corrected chi connectivity index (χ2v) is 10.1. The van der Waals surface area contributed by atoms with E-state index in [1.807, 2.05) is 60.7 Å². The van der Waals surface area contributed by atoms with Crippen molar-refractivity contribution in [1.82, 2.24) is 5.43 Å². The molecule has 0 heterocycles. The second kappa shape index (κ2) is 11.0. The summed E-state index contributed by atoms with van der Waals surface area (Å²) in [6.45, 7) is 6.79. The Labute approximate surface area is 213 Å². The Morgan fingerprint density at radius 1 is 1.09 bits per heavy atom. The number of benzene rings is 3. The minimum atomic E-state index is -0.267. The van der Waals surface area contributed by atoms with Crippen LogP contribution in [0.3, 0.4) is 0 Å². The van der Waals surface area contributed by atoms with Gasteiger partial charge in [-0.1, -0.05) is 56.6 Å². The van der Waals surface area contributed by atoms with Crippen molar-refractivity contribution in [3.8, 4) is 11.5 Å². The fourth-order valence-electron chi connectivity index (χ4n) is 3.04. The molecule has 0 aliphatic heterocycles. The summed E-state index contributed by atoms with van der Waals surface area (Å²) in [6, 6.07) is 18.8. The first-order valence-corrected chi connectivity index (χ1v) is 11.8. The summed E-state index contributed by atoms with van der Waals surface area (Å²) >= 11 is 8.13. The van der Waals surface area contributed by atoms with Crippen molar-refractivity contribution in [1.29, 1.82) is 0 Å². The van der Waals surface area contributed by atoms with Gasteiger partial charge in [0.1, 0.15) is 6.61 Å². The number of amides is 1. The molecule has 172 valence electrons. The van der Waals surface area contributed by atoms with Gasteiger partial charge in [-0.25, -0.2) is 5.43 Å². The van der Waals surface area contributed by atoms with Gasteiger partial charge in [-0.15, -0.1) is 0 Å². The monoisotopic (exact) mass is 576 g/mol. The highest BCUT2D eigenvalue weighted by atomic mass is 127. The third-order valence-corrected chi connectivity index (χ3v) is 5.99. The molecule has 0 aromatic heterocycles. The fourth-order valence-corrected chi connectivity index (χ4v) is 3.95. The summed E-state index contributed by atoms with van der Waals surface area (Å²) < 4.78 is 12.4. The lowest BCUT2D eigenvalue weighted by atomic mass is 9.87. The maximum Gasteiger partial charge on any atom is 0.271 e. The van der Waals surface area contributed by atoms with Crippen LogP contribution in [-0.2, 0) is 12.0 Å². The molecule has 0 atom stereocenters. The van der Waals surface area contributed by atoms with Crippen LogP contribution in [0.25, 0.3) is 0 Å². The van der Waals surface area contributed by atoms with Gasteiger partial charge >= 0.3 is 0 Å². The molecule has 1 N–H and O–H groups in total. The van der Waals surface area contributed by atoms with Crippen molar-refractivity contribution < 1.29 is 14.3 Å². The topological polar surface area (TPSA) is 59.9 Å². The minimum Gasteiger partial charge on any atom is -0.493 e. The Balaban J connectivity index is 1.66. The van der Waals surface area contributed by atoms with Crippen LogP contribution in [0.1, 0.15) is 47.8 Å². The first-order valence-electron chi connectivity index (χ1n) is 10.4. The Kier molecular flexibility index (Phi) is 8.37. The van der Waals surface area contributed by atoms with Gasteiger partial charge in [-0.2, -0.15) is 5.10 Å². The van der Waals surface area contributed by atoms with E-state index in [0.29, 0.717) is 28.7 Å². The average molecular weight is 577 g/mol. The van der Waals surface area contributed by atoms with Gasteiger partial charge in [-0.05, 0) is 81.1 Å². The number of halogens is 2. The molecule has 0 saturated carbocycles. The molecule has 0 spiro atoms. The molecule has 7 heteroatoms. The first-order chi connectivity index (χ1) is 15.7. The molecule has 3 aromatic carbocycles. The Bertz CT molecular complexity index is 1140. The van der Waals surface area contributed by atoms with Gasteiger partial charge in [0, 0.05) is 10.6 Å². The van der Waals surface area contributed by atoms with Crippen LogP contribution in [0.5, 0.6) is 11.5 Å². The lowest BCUT2D eigenvalue weighted by Gasteiger charge is -2.18. The number of carbonyl (C=O) groups is 1. The van der Waals surface area contributed by atoms with E-state index in [4.69, 9.17) is 21.1 Å². The zero-order chi connectivity index (χ0) is 24.0.